The first-order valence-electron chi connectivity index (χ1n) is 10.2. The first-order valence-corrected chi connectivity index (χ1v) is 10.2. The molecular formula is C26H24N4O. The third kappa shape index (κ3) is 5.34. The minimum atomic E-state index is -0.119. The molecule has 4 aromatic rings. The van der Waals surface area contributed by atoms with E-state index in [2.05, 4.69) is 46.0 Å². The van der Waals surface area contributed by atoms with Gasteiger partial charge in [-0.1, -0.05) is 65.7 Å². The monoisotopic (exact) mass is 408 g/mol. The topological polar surface area (TPSA) is 66.9 Å². The Morgan fingerprint density at radius 2 is 1.61 bits per heavy atom. The van der Waals surface area contributed by atoms with Crippen molar-refractivity contribution in [2.45, 2.75) is 20.4 Å². The Morgan fingerprint density at radius 1 is 0.806 bits per heavy atom. The number of carbonyl (C=O) groups excluding carboxylic acids is 1. The summed E-state index contributed by atoms with van der Waals surface area (Å²) < 4.78 is 0. The number of aryl methyl sites for hydroxylation is 2. The number of amides is 1. The molecule has 0 aliphatic carbocycles. The van der Waals surface area contributed by atoms with Crippen LogP contribution in [0.15, 0.2) is 84.9 Å². The Labute approximate surface area is 182 Å². The molecular weight excluding hydrogens is 384 g/mol. The van der Waals surface area contributed by atoms with E-state index in [-0.39, 0.29) is 5.91 Å². The van der Waals surface area contributed by atoms with Gasteiger partial charge >= 0.3 is 0 Å². The van der Waals surface area contributed by atoms with E-state index in [1.165, 1.54) is 11.1 Å². The van der Waals surface area contributed by atoms with Crippen LogP contribution in [0.25, 0.3) is 11.3 Å². The van der Waals surface area contributed by atoms with Crippen molar-refractivity contribution in [2.24, 2.45) is 0 Å². The Hall–Kier alpha value is -3.99. The fourth-order valence-corrected chi connectivity index (χ4v) is 3.27. The van der Waals surface area contributed by atoms with E-state index < -0.39 is 0 Å². The van der Waals surface area contributed by atoms with Gasteiger partial charge in [-0.15, -0.1) is 10.2 Å². The Bertz CT molecular complexity index is 1180. The van der Waals surface area contributed by atoms with Crippen molar-refractivity contribution in [2.75, 3.05) is 5.32 Å². The Balaban J connectivity index is 1.41. The van der Waals surface area contributed by atoms with Crippen molar-refractivity contribution in [3.63, 3.8) is 0 Å². The molecule has 1 amide bonds. The molecule has 5 heteroatoms. The molecule has 0 atom stereocenters. The largest absolute Gasteiger partial charge is 0.348 e. The lowest BCUT2D eigenvalue weighted by Crippen LogP contribution is -2.22. The molecule has 1 heterocycles. The van der Waals surface area contributed by atoms with Crippen molar-refractivity contribution < 1.29 is 4.79 Å². The van der Waals surface area contributed by atoms with Crippen molar-refractivity contribution >= 4 is 17.4 Å². The molecule has 0 radical (unpaired) electrons. The first kappa shape index (κ1) is 20.3. The number of carbonyl (C=O) groups is 1. The van der Waals surface area contributed by atoms with Gasteiger partial charge in [0.1, 0.15) is 0 Å². The summed E-state index contributed by atoms with van der Waals surface area (Å²) in [7, 11) is 0. The molecule has 2 N–H and O–H groups in total. The van der Waals surface area contributed by atoms with E-state index in [9.17, 15) is 4.79 Å². The first-order chi connectivity index (χ1) is 15.1. The van der Waals surface area contributed by atoms with Crippen LogP contribution in [0.5, 0.6) is 0 Å². The summed E-state index contributed by atoms with van der Waals surface area (Å²) in [6.45, 7) is 4.58. The summed E-state index contributed by atoms with van der Waals surface area (Å²) in [5, 5.41) is 14.8. The normalized spacial score (nSPS) is 10.5. The fraction of sp³-hybridized carbons (Fsp3) is 0.115. The molecule has 0 saturated carbocycles. The zero-order chi connectivity index (χ0) is 21.6. The van der Waals surface area contributed by atoms with Gasteiger partial charge in [0.2, 0.25) is 0 Å². The van der Waals surface area contributed by atoms with Crippen molar-refractivity contribution in [3.05, 3.63) is 107 Å². The van der Waals surface area contributed by atoms with Gasteiger partial charge in [-0.3, -0.25) is 4.79 Å². The van der Waals surface area contributed by atoms with Crippen LogP contribution in [0.1, 0.15) is 27.0 Å². The van der Waals surface area contributed by atoms with E-state index in [0.29, 0.717) is 17.9 Å². The highest BCUT2D eigenvalue weighted by Crippen LogP contribution is 2.20. The maximum Gasteiger partial charge on any atom is 0.251 e. The highest BCUT2D eigenvalue weighted by atomic mass is 16.1. The molecule has 3 aromatic carbocycles. The van der Waals surface area contributed by atoms with Crippen LogP contribution in [0.4, 0.5) is 11.5 Å². The molecule has 0 bridgehead atoms. The summed E-state index contributed by atoms with van der Waals surface area (Å²) in [4.78, 5) is 12.6. The third-order valence-corrected chi connectivity index (χ3v) is 4.94. The average Bonchev–Trinajstić information content (AvgIpc) is 2.79. The van der Waals surface area contributed by atoms with Crippen LogP contribution < -0.4 is 10.6 Å². The zero-order valence-corrected chi connectivity index (χ0v) is 17.6. The predicted molar refractivity (Wildman–Crippen MR) is 124 cm³/mol. The Kier molecular flexibility index (Phi) is 6.03. The maximum atomic E-state index is 12.6. The number of nitrogens with zero attached hydrogens (tertiary/aromatic N) is 2. The van der Waals surface area contributed by atoms with Gasteiger partial charge in [-0.2, -0.15) is 0 Å². The van der Waals surface area contributed by atoms with E-state index in [4.69, 9.17) is 0 Å². The van der Waals surface area contributed by atoms with Gasteiger partial charge in [-0.05, 0) is 49.7 Å². The summed E-state index contributed by atoms with van der Waals surface area (Å²) in [6.07, 6.45) is 0. The molecule has 1 aromatic heterocycles. The van der Waals surface area contributed by atoms with Crippen LogP contribution in [0.3, 0.4) is 0 Å². The molecule has 31 heavy (non-hydrogen) atoms. The highest BCUT2D eigenvalue weighted by molar-refractivity contribution is 5.95. The SMILES string of the molecule is Cc1ccc(-c2ccc(Nc3cccc(C(=O)NCc4cccc(C)c4)c3)nn2)cc1. The molecule has 5 nitrogen and oxygen atoms in total. The minimum absolute atomic E-state index is 0.119. The summed E-state index contributed by atoms with van der Waals surface area (Å²) >= 11 is 0. The molecule has 154 valence electrons. The van der Waals surface area contributed by atoms with Crippen molar-refractivity contribution in [1.29, 1.82) is 0 Å². The number of benzene rings is 3. The van der Waals surface area contributed by atoms with E-state index in [1.54, 1.807) is 12.1 Å². The summed E-state index contributed by atoms with van der Waals surface area (Å²) in [6, 6.07) is 27.4. The van der Waals surface area contributed by atoms with Crippen molar-refractivity contribution in [3.8, 4) is 11.3 Å². The third-order valence-electron chi connectivity index (χ3n) is 4.94. The maximum absolute atomic E-state index is 12.6. The van der Waals surface area contributed by atoms with Crippen LogP contribution >= 0.6 is 0 Å². The molecule has 0 fully saturated rings. The average molecular weight is 409 g/mol. The van der Waals surface area contributed by atoms with E-state index in [1.807, 2.05) is 61.5 Å². The van der Waals surface area contributed by atoms with E-state index >= 15 is 0 Å². The van der Waals surface area contributed by atoms with Gasteiger partial charge in [0.05, 0.1) is 5.69 Å². The van der Waals surface area contributed by atoms with Gasteiger partial charge < -0.3 is 10.6 Å². The van der Waals surface area contributed by atoms with E-state index in [0.717, 1.165) is 22.5 Å². The molecule has 0 spiro atoms. The molecule has 0 saturated heterocycles. The van der Waals surface area contributed by atoms with Crippen LogP contribution in [-0.2, 0) is 6.54 Å². The summed E-state index contributed by atoms with van der Waals surface area (Å²) in [5.41, 5.74) is 6.66. The standard InChI is InChI=1S/C26H24N4O/c1-18-9-11-21(12-10-18)24-13-14-25(30-29-24)28-23-8-4-7-22(16-23)26(31)27-17-20-6-3-5-19(2)15-20/h3-16H,17H2,1-2H3,(H,27,31)(H,28,30). The number of anilines is 2. The molecule has 0 unspecified atom stereocenters. The summed E-state index contributed by atoms with van der Waals surface area (Å²) in [5.74, 6) is 0.499. The number of nitrogens with one attached hydrogen (secondary N) is 2. The lowest BCUT2D eigenvalue weighted by Gasteiger charge is -2.09. The van der Waals surface area contributed by atoms with Crippen molar-refractivity contribution in [1.82, 2.24) is 15.5 Å². The molecule has 0 aliphatic heterocycles. The van der Waals surface area contributed by atoms with Gasteiger partial charge in [-0.25, -0.2) is 0 Å². The van der Waals surface area contributed by atoms with Gasteiger partial charge in [0, 0.05) is 23.4 Å². The lowest BCUT2D eigenvalue weighted by molar-refractivity contribution is 0.0951. The second kappa shape index (κ2) is 9.22. The van der Waals surface area contributed by atoms with Gasteiger partial charge in [0.15, 0.2) is 5.82 Å². The smallest absolute Gasteiger partial charge is 0.251 e. The number of aromatic nitrogens is 2. The number of rotatable bonds is 6. The van der Waals surface area contributed by atoms with Gasteiger partial charge in [0.25, 0.3) is 5.91 Å². The van der Waals surface area contributed by atoms with Crippen LogP contribution in [0.2, 0.25) is 0 Å². The number of hydrogen-bond acceptors (Lipinski definition) is 4. The highest BCUT2D eigenvalue weighted by Gasteiger charge is 2.07. The Morgan fingerprint density at radius 3 is 2.35 bits per heavy atom. The fourth-order valence-electron chi connectivity index (χ4n) is 3.27. The second-order valence-electron chi connectivity index (χ2n) is 7.55. The van der Waals surface area contributed by atoms with Crippen LogP contribution in [0, 0.1) is 13.8 Å². The number of hydrogen-bond donors (Lipinski definition) is 2. The van der Waals surface area contributed by atoms with Crippen LogP contribution in [-0.4, -0.2) is 16.1 Å². The second-order valence-corrected chi connectivity index (χ2v) is 7.55. The minimum Gasteiger partial charge on any atom is -0.348 e. The predicted octanol–water partition coefficient (Wildman–Crippen LogP) is 5.43. The molecule has 4 rings (SSSR count). The molecule has 0 aliphatic rings. The lowest BCUT2D eigenvalue weighted by atomic mass is 10.1. The zero-order valence-electron chi connectivity index (χ0n) is 17.6. The quantitative estimate of drug-likeness (QED) is 0.446.